The monoisotopic (exact) mass is 330 g/mol. The van der Waals surface area contributed by atoms with Gasteiger partial charge in [-0.3, -0.25) is 9.89 Å². The van der Waals surface area contributed by atoms with Crippen LogP contribution in [0.2, 0.25) is 5.02 Å². The zero-order valence-corrected chi connectivity index (χ0v) is 13.6. The maximum absolute atomic E-state index is 13.2. The van der Waals surface area contributed by atoms with Gasteiger partial charge in [0.2, 0.25) is 0 Å². The fourth-order valence-electron chi connectivity index (χ4n) is 4.61. The molecular weight excluding hydrogens is 312 g/mol. The molecule has 6 rings (SSSR count). The number of hydrogen-bond donors (Lipinski definition) is 1. The highest BCUT2D eigenvalue weighted by molar-refractivity contribution is 6.35. The third-order valence-electron chi connectivity index (χ3n) is 5.85. The molecule has 5 nitrogen and oxygen atoms in total. The van der Waals surface area contributed by atoms with Crippen molar-refractivity contribution >= 4 is 28.4 Å². The minimum atomic E-state index is 0.144. The largest absolute Gasteiger partial charge is 0.334 e. The number of hydrogen-bond acceptors (Lipinski definition) is 3. The summed E-state index contributed by atoms with van der Waals surface area (Å²) in [6.07, 6.45) is 3.26. The lowest BCUT2D eigenvalue weighted by atomic mass is 9.83. The topological polar surface area (TPSA) is 52.2 Å². The number of H-pyrrole nitrogens is 1. The minimum Gasteiger partial charge on any atom is -0.334 e. The van der Waals surface area contributed by atoms with Gasteiger partial charge in [0, 0.05) is 36.6 Å². The molecule has 1 N–H and O–H groups in total. The molecule has 120 valence electrons. The number of carbonyl (C=O) groups is 1. The van der Waals surface area contributed by atoms with Crippen LogP contribution < -0.4 is 0 Å². The van der Waals surface area contributed by atoms with Crippen LogP contribution >= 0.6 is 11.6 Å². The molecular formula is C17H19ClN4O. The van der Waals surface area contributed by atoms with Crippen LogP contribution in [0, 0.1) is 5.92 Å². The van der Waals surface area contributed by atoms with Crippen LogP contribution in [0.15, 0.2) is 12.1 Å². The van der Waals surface area contributed by atoms with E-state index in [0.29, 0.717) is 17.0 Å². The van der Waals surface area contributed by atoms with Crippen molar-refractivity contribution in [3.05, 3.63) is 28.4 Å². The first-order valence-corrected chi connectivity index (χ1v) is 8.79. The minimum absolute atomic E-state index is 0.144. The molecule has 0 radical (unpaired) electrons. The molecule has 3 fully saturated rings. The van der Waals surface area contributed by atoms with E-state index in [-0.39, 0.29) is 5.91 Å². The van der Waals surface area contributed by atoms with Gasteiger partial charge in [-0.05, 0) is 44.0 Å². The van der Waals surface area contributed by atoms with Gasteiger partial charge in [-0.25, -0.2) is 0 Å². The summed E-state index contributed by atoms with van der Waals surface area (Å²) in [6.45, 7) is 4.17. The Morgan fingerprint density at radius 1 is 1.22 bits per heavy atom. The molecule has 4 aliphatic heterocycles. The van der Waals surface area contributed by atoms with Gasteiger partial charge >= 0.3 is 0 Å². The predicted octanol–water partition coefficient (Wildman–Crippen LogP) is 2.31. The molecule has 3 saturated heterocycles. The molecule has 0 unspecified atom stereocenters. The third-order valence-corrected chi connectivity index (χ3v) is 6.15. The fraction of sp³-hybridized carbons (Fsp3) is 0.529. The van der Waals surface area contributed by atoms with E-state index in [1.165, 1.54) is 25.9 Å². The lowest BCUT2D eigenvalue weighted by Crippen LogP contribution is -2.58. The van der Waals surface area contributed by atoms with E-state index in [2.05, 4.69) is 20.0 Å². The second kappa shape index (κ2) is 4.95. The first kappa shape index (κ1) is 13.8. The summed E-state index contributed by atoms with van der Waals surface area (Å²) in [4.78, 5) is 17.8. The SMILES string of the molecule is O=C1c2ccc(Cl)c3n[nH]c(c23)CCN1[C@@H]1CN2CCC1CC2. The number of nitrogens with one attached hydrogen (secondary N) is 1. The van der Waals surface area contributed by atoms with Crippen LogP contribution in [0.5, 0.6) is 0 Å². The first-order valence-electron chi connectivity index (χ1n) is 8.41. The maximum Gasteiger partial charge on any atom is 0.254 e. The summed E-state index contributed by atoms with van der Waals surface area (Å²) in [5.74, 6) is 0.798. The van der Waals surface area contributed by atoms with Gasteiger partial charge in [-0.2, -0.15) is 5.10 Å². The summed E-state index contributed by atoms with van der Waals surface area (Å²) < 4.78 is 0. The number of amides is 1. The number of carbonyl (C=O) groups excluding carboxylic acids is 1. The van der Waals surface area contributed by atoms with E-state index >= 15 is 0 Å². The molecule has 5 heterocycles. The molecule has 2 bridgehead atoms. The normalized spacial score (nSPS) is 30.0. The molecule has 23 heavy (non-hydrogen) atoms. The Morgan fingerprint density at radius 2 is 2.04 bits per heavy atom. The number of piperidine rings is 3. The molecule has 0 aliphatic carbocycles. The maximum atomic E-state index is 13.2. The molecule has 6 heteroatoms. The smallest absolute Gasteiger partial charge is 0.254 e. The number of benzene rings is 1. The van der Waals surface area contributed by atoms with Crippen molar-refractivity contribution in [2.24, 2.45) is 5.92 Å². The number of rotatable bonds is 1. The molecule has 1 aromatic heterocycles. The van der Waals surface area contributed by atoms with Crippen molar-refractivity contribution in [2.75, 3.05) is 26.2 Å². The number of halogens is 1. The number of aromatic nitrogens is 2. The number of nitrogens with zero attached hydrogens (tertiary/aromatic N) is 3. The Balaban J connectivity index is 1.58. The molecule has 0 saturated carbocycles. The Morgan fingerprint density at radius 3 is 2.78 bits per heavy atom. The lowest BCUT2D eigenvalue weighted by molar-refractivity contribution is 0.00821. The summed E-state index contributed by atoms with van der Waals surface area (Å²) in [5.41, 5.74) is 2.51. The van der Waals surface area contributed by atoms with Crippen LogP contribution in [-0.4, -0.2) is 58.1 Å². The van der Waals surface area contributed by atoms with Crippen LogP contribution in [0.1, 0.15) is 28.9 Å². The first-order chi connectivity index (χ1) is 11.2. The molecule has 0 spiro atoms. The predicted molar refractivity (Wildman–Crippen MR) is 88.8 cm³/mol. The van der Waals surface area contributed by atoms with E-state index in [1.807, 2.05) is 6.07 Å². The van der Waals surface area contributed by atoms with Crippen molar-refractivity contribution in [2.45, 2.75) is 25.3 Å². The second-order valence-corrected chi connectivity index (χ2v) is 7.38. The third kappa shape index (κ3) is 1.96. The molecule has 2 aromatic rings. The second-order valence-electron chi connectivity index (χ2n) is 6.97. The molecule has 1 aromatic carbocycles. The van der Waals surface area contributed by atoms with Crippen molar-refractivity contribution < 1.29 is 4.79 Å². The van der Waals surface area contributed by atoms with Gasteiger partial charge in [0.05, 0.1) is 10.6 Å². The van der Waals surface area contributed by atoms with Crippen molar-refractivity contribution in [1.82, 2.24) is 20.0 Å². The molecule has 1 atom stereocenters. The van der Waals surface area contributed by atoms with E-state index in [0.717, 1.165) is 41.7 Å². The van der Waals surface area contributed by atoms with Crippen molar-refractivity contribution in [1.29, 1.82) is 0 Å². The average Bonchev–Trinajstić information content (AvgIpc) is 2.95. The van der Waals surface area contributed by atoms with Gasteiger partial charge in [0.15, 0.2) is 0 Å². The summed E-state index contributed by atoms with van der Waals surface area (Å²) in [7, 11) is 0. The molecule has 1 amide bonds. The van der Waals surface area contributed by atoms with E-state index in [4.69, 9.17) is 11.6 Å². The van der Waals surface area contributed by atoms with Crippen LogP contribution in [0.3, 0.4) is 0 Å². The Bertz CT molecular complexity index is 793. The summed E-state index contributed by atoms with van der Waals surface area (Å²) >= 11 is 6.25. The highest BCUT2D eigenvalue weighted by Gasteiger charge is 2.40. The van der Waals surface area contributed by atoms with Crippen molar-refractivity contribution in [3.63, 3.8) is 0 Å². The lowest BCUT2D eigenvalue weighted by Gasteiger charge is -2.49. The zero-order valence-electron chi connectivity index (χ0n) is 12.9. The van der Waals surface area contributed by atoms with Gasteiger partial charge in [0.1, 0.15) is 5.52 Å². The summed E-state index contributed by atoms with van der Waals surface area (Å²) in [6, 6.07) is 4.01. The standard InChI is InChI=1S/C17H19ClN4O/c18-12-2-1-11-15-13(19-20-16(12)15)5-8-22(17(11)23)14-9-21-6-3-10(14)4-7-21/h1-2,10,14H,3-9H2,(H,19,20)/t14-/m1/s1. The van der Waals surface area contributed by atoms with Crippen LogP contribution in [0.25, 0.3) is 10.9 Å². The van der Waals surface area contributed by atoms with Crippen molar-refractivity contribution in [3.8, 4) is 0 Å². The number of aromatic amines is 1. The number of fused-ring (bicyclic) bond motifs is 3. The van der Waals surface area contributed by atoms with Crippen LogP contribution in [-0.2, 0) is 6.42 Å². The fourth-order valence-corrected chi connectivity index (χ4v) is 4.81. The summed E-state index contributed by atoms with van der Waals surface area (Å²) in [5, 5.41) is 8.93. The highest BCUT2D eigenvalue weighted by atomic mass is 35.5. The Hall–Kier alpha value is -1.59. The highest BCUT2D eigenvalue weighted by Crippen LogP contribution is 2.35. The van der Waals surface area contributed by atoms with Crippen LogP contribution in [0.4, 0.5) is 0 Å². The van der Waals surface area contributed by atoms with Gasteiger partial charge < -0.3 is 9.80 Å². The van der Waals surface area contributed by atoms with Gasteiger partial charge in [-0.15, -0.1) is 0 Å². The zero-order chi connectivity index (χ0) is 15.6. The van der Waals surface area contributed by atoms with Gasteiger partial charge in [-0.1, -0.05) is 11.6 Å². The van der Waals surface area contributed by atoms with Gasteiger partial charge in [0.25, 0.3) is 5.91 Å². The van der Waals surface area contributed by atoms with E-state index in [9.17, 15) is 4.79 Å². The quantitative estimate of drug-likeness (QED) is 0.873. The molecule has 4 aliphatic rings. The Kier molecular flexibility index (Phi) is 2.97. The van der Waals surface area contributed by atoms with E-state index in [1.54, 1.807) is 6.07 Å². The van der Waals surface area contributed by atoms with E-state index < -0.39 is 0 Å². The Labute approximate surface area is 139 Å². The average molecular weight is 331 g/mol.